The van der Waals surface area contributed by atoms with Gasteiger partial charge in [-0.1, -0.05) is 24.3 Å². The average molecular weight is 381 g/mol. The van der Waals surface area contributed by atoms with Crippen molar-refractivity contribution in [2.75, 3.05) is 20.6 Å². The maximum atomic E-state index is 12.6. The van der Waals surface area contributed by atoms with Gasteiger partial charge in [0.2, 0.25) is 5.91 Å². The zero-order valence-electron chi connectivity index (χ0n) is 16.5. The molecule has 1 atom stereocenters. The lowest BCUT2D eigenvalue weighted by atomic mass is 9.83. The number of nitrogens with one attached hydrogen (secondary N) is 1. The van der Waals surface area contributed by atoms with Gasteiger partial charge in [0.15, 0.2) is 0 Å². The Hall–Kier alpha value is -2.83. The number of aryl methyl sites for hydroxylation is 1. The highest BCUT2D eigenvalue weighted by Crippen LogP contribution is 2.25. The molecule has 7 nitrogen and oxygen atoms in total. The van der Waals surface area contributed by atoms with Gasteiger partial charge in [-0.05, 0) is 36.5 Å². The molecular weight excluding hydrogens is 354 g/mol. The van der Waals surface area contributed by atoms with Crippen molar-refractivity contribution in [2.45, 2.75) is 38.9 Å². The van der Waals surface area contributed by atoms with Crippen molar-refractivity contribution >= 4 is 11.9 Å². The molecule has 1 aromatic heterocycles. The van der Waals surface area contributed by atoms with Gasteiger partial charge in [-0.15, -0.1) is 0 Å². The largest absolute Gasteiger partial charge is 0.350 e. The van der Waals surface area contributed by atoms with E-state index < -0.39 is 0 Å². The Morgan fingerprint density at radius 1 is 1.21 bits per heavy atom. The highest BCUT2D eigenvalue weighted by Gasteiger charge is 2.26. The molecule has 1 N–H and O–H groups in total. The number of fused-ring (bicyclic) bond motifs is 2. The van der Waals surface area contributed by atoms with Crippen LogP contribution in [0.25, 0.3) is 0 Å². The van der Waals surface area contributed by atoms with Crippen molar-refractivity contribution in [3.63, 3.8) is 0 Å². The van der Waals surface area contributed by atoms with Gasteiger partial charge >= 0.3 is 6.03 Å². The highest BCUT2D eigenvalue weighted by molar-refractivity contribution is 5.79. The summed E-state index contributed by atoms with van der Waals surface area (Å²) in [6.07, 6.45) is 2.66. The second-order valence-electron chi connectivity index (χ2n) is 7.87. The molecule has 0 fully saturated rings. The average Bonchev–Trinajstić information content (AvgIpc) is 3.13. The number of rotatable bonds is 3. The Morgan fingerprint density at radius 3 is 2.79 bits per heavy atom. The first-order valence-corrected chi connectivity index (χ1v) is 9.87. The van der Waals surface area contributed by atoms with Crippen LogP contribution in [-0.2, 0) is 37.3 Å². The molecule has 2 aliphatic rings. The van der Waals surface area contributed by atoms with E-state index in [4.69, 9.17) is 0 Å². The predicted molar refractivity (Wildman–Crippen MR) is 106 cm³/mol. The van der Waals surface area contributed by atoms with Crippen LogP contribution >= 0.6 is 0 Å². The van der Waals surface area contributed by atoms with Crippen LogP contribution in [0, 0.1) is 5.92 Å². The van der Waals surface area contributed by atoms with Gasteiger partial charge in [0.25, 0.3) is 0 Å². The minimum atomic E-state index is 0.0138. The first-order chi connectivity index (χ1) is 13.5. The lowest BCUT2D eigenvalue weighted by molar-refractivity contribution is -0.125. The fourth-order valence-corrected chi connectivity index (χ4v) is 4.10. The second-order valence-corrected chi connectivity index (χ2v) is 7.87. The molecule has 1 aliphatic heterocycles. The molecule has 4 rings (SSSR count). The number of hydrogen-bond acceptors (Lipinski definition) is 3. The quantitative estimate of drug-likeness (QED) is 0.881. The van der Waals surface area contributed by atoms with Crippen molar-refractivity contribution in [3.05, 3.63) is 52.8 Å². The smallest absolute Gasteiger partial charge is 0.319 e. The van der Waals surface area contributed by atoms with Crippen molar-refractivity contribution in [3.8, 4) is 0 Å². The summed E-state index contributed by atoms with van der Waals surface area (Å²) in [7, 11) is 3.53. The van der Waals surface area contributed by atoms with Gasteiger partial charge in [-0.25, -0.2) is 4.79 Å². The molecule has 0 saturated heterocycles. The van der Waals surface area contributed by atoms with E-state index in [-0.39, 0.29) is 17.9 Å². The number of urea groups is 1. The molecule has 0 saturated carbocycles. The number of carbonyl (C=O) groups excluding carboxylic acids is 2. The monoisotopic (exact) mass is 381 g/mol. The molecule has 7 heteroatoms. The van der Waals surface area contributed by atoms with Crippen LogP contribution in [0.1, 0.15) is 28.9 Å². The SMILES string of the molecule is CN(C)C(=O)N1CCn2nc(CNC(=O)[C@@H]3CCc4ccccc4C3)cc2C1. The third kappa shape index (κ3) is 3.74. The Balaban J connectivity index is 1.34. The van der Waals surface area contributed by atoms with Crippen LogP contribution < -0.4 is 5.32 Å². The Morgan fingerprint density at radius 2 is 2.00 bits per heavy atom. The van der Waals surface area contributed by atoms with E-state index in [1.54, 1.807) is 19.0 Å². The van der Waals surface area contributed by atoms with Gasteiger partial charge in [0.05, 0.1) is 31.0 Å². The Kier molecular flexibility index (Phi) is 5.07. The Labute approximate surface area is 165 Å². The number of aromatic nitrogens is 2. The highest BCUT2D eigenvalue weighted by atomic mass is 16.2. The number of carbonyl (C=O) groups is 2. The molecule has 0 unspecified atom stereocenters. The first-order valence-electron chi connectivity index (χ1n) is 9.87. The summed E-state index contributed by atoms with van der Waals surface area (Å²) in [6, 6.07) is 10.4. The fraction of sp³-hybridized carbons (Fsp3) is 0.476. The molecule has 3 amide bonds. The molecule has 0 spiro atoms. The van der Waals surface area contributed by atoms with E-state index in [2.05, 4.69) is 28.6 Å². The summed E-state index contributed by atoms with van der Waals surface area (Å²) in [5.74, 6) is 0.130. The van der Waals surface area contributed by atoms with Gasteiger partial charge in [0, 0.05) is 26.6 Å². The summed E-state index contributed by atoms with van der Waals surface area (Å²) in [5, 5.41) is 7.65. The molecule has 0 bridgehead atoms. The number of benzene rings is 1. The minimum Gasteiger partial charge on any atom is -0.350 e. The summed E-state index contributed by atoms with van der Waals surface area (Å²) in [5.41, 5.74) is 4.51. The molecule has 0 radical (unpaired) electrons. The summed E-state index contributed by atoms with van der Waals surface area (Å²) >= 11 is 0. The molecule has 2 aromatic rings. The van der Waals surface area contributed by atoms with Crippen LogP contribution in [0.15, 0.2) is 30.3 Å². The van der Waals surface area contributed by atoms with Crippen molar-refractivity contribution in [2.24, 2.45) is 5.92 Å². The third-order valence-electron chi connectivity index (χ3n) is 5.66. The molecule has 28 heavy (non-hydrogen) atoms. The van der Waals surface area contributed by atoms with Crippen LogP contribution in [0.3, 0.4) is 0 Å². The summed E-state index contributed by atoms with van der Waals surface area (Å²) in [6.45, 7) is 2.32. The van der Waals surface area contributed by atoms with Crippen molar-refractivity contribution in [1.29, 1.82) is 0 Å². The van der Waals surface area contributed by atoms with Gasteiger partial charge in [-0.2, -0.15) is 5.10 Å². The second kappa shape index (κ2) is 7.66. The third-order valence-corrected chi connectivity index (χ3v) is 5.66. The first kappa shape index (κ1) is 18.5. The molecule has 1 aromatic carbocycles. The van der Waals surface area contributed by atoms with Crippen LogP contribution in [-0.4, -0.2) is 52.2 Å². The standard InChI is InChI=1S/C21H27N5O2/c1-24(2)21(28)25-9-10-26-19(14-25)12-18(23-26)13-22-20(27)17-8-7-15-5-3-4-6-16(15)11-17/h3-6,12,17H,7-11,13-14H2,1-2H3,(H,22,27)/t17-/m1/s1. The van der Waals surface area contributed by atoms with Crippen LogP contribution in [0.5, 0.6) is 0 Å². The van der Waals surface area contributed by atoms with E-state index in [0.29, 0.717) is 26.2 Å². The normalized spacial score (nSPS) is 18.2. The van der Waals surface area contributed by atoms with E-state index >= 15 is 0 Å². The topological polar surface area (TPSA) is 70.5 Å². The number of nitrogens with zero attached hydrogens (tertiary/aromatic N) is 4. The Bertz CT molecular complexity index is 889. The van der Waals surface area contributed by atoms with Crippen molar-refractivity contribution < 1.29 is 9.59 Å². The molecule has 1 aliphatic carbocycles. The van der Waals surface area contributed by atoms with E-state index in [1.165, 1.54) is 11.1 Å². The van der Waals surface area contributed by atoms with Gasteiger partial charge in [0.1, 0.15) is 0 Å². The molecular formula is C21H27N5O2. The maximum absolute atomic E-state index is 12.6. The molecule has 2 heterocycles. The zero-order valence-corrected chi connectivity index (χ0v) is 16.5. The van der Waals surface area contributed by atoms with Gasteiger partial charge in [-0.3, -0.25) is 9.48 Å². The summed E-state index contributed by atoms with van der Waals surface area (Å²) < 4.78 is 1.94. The summed E-state index contributed by atoms with van der Waals surface area (Å²) in [4.78, 5) is 28.2. The molecule has 148 valence electrons. The van der Waals surface area contributed by atoms with E-state index in [1.807, 2.05) is 21.7 Å². The zero-order chi connectivity index (χ0) is 19.7. The lowest BCUT2D eigenvalue weighted by Gasteiger charge is -2.29. The van der Waals surface area contributed by atoms with E-state index in [9.17, 15) is 9.59 Å². The lowest BCUT2D eigenvalue weighted by Crippen LogP contribution is -2.43. The number of amides is 3. The van der Waals surface area contributed by atoms with Crippen molar-refractivity contribution in [1.82, 2.24) is 24.9 Å². The van der Waals surface area contributed by atoms with Crippen LogP contribution in [0.4, 0.5) is 4.79 Å². The van der Waals surface area contributed by atoms with Crippen LogP contribution in [0.2, 0.25) is 0 Å². The van der Waals surface area contributed by atoms with Gasteiger partial charge < -0.3 is 15.1 Å². The predicted octanol–water partition coefficient (Wildman–Crippen LogP) is 1.80. The fourth-order valence-electron chi connectivity index (χ4n) is 4.10. The van der Waals surface area contributed by atoms with E-state index in [0.717, 1.165) is 30.7 Å². The maximum Gasteiger partial charge on any atom is 0.319 e. The minimum absolute atomic E-state index is 0.0138. The number of hydrogen-bond donors (Lipinski definition) is 1.